The molecule has 2 aliphatic rings. The lowest BCUT2D eigenvalue weighted by Crippen LogP contribution is -2.35. The number of hydrogen-bond donors (Lipinski definition) is 1. The Labute approximate surface area is 193 Å². The maximum Gasteiger partial charge on any atom is 0.164 e. The van der Waals surface area contributed by atoms with Crippen LogP contribution in [0.5, 0.6) is 0 Å². The Balaban J connectivity index is 1.60. The molecule has 1 aliphatic heterocycles. The summed E-state index contributed by atoms with van der Waals surface area (Å²) in [5.74, 6) is -1.54. The highest BCUT2D eigenvalue weighted by molar-refractivity contribution is 5.47. The molecule has 5 rings (SSSR count). The van der Waals surface area contributed by atoms with Crippen LogP contribution in [-0.2, 0) is 19.8 Å². The number of rotatable bonds is 6. The fraction of sp³-hybridized carbons (Fsp3) is 0.286. The van der Waals surface area contributed by atoms with Crippen LogP contribution in [0.4, 0.5) is 4.39 Å². The average molecular weight is 447 g/mol. The van der Waals surface area contributed by atoms with Crippen molar-refractivity contribution in [3.05, 3.63) is 119 Å². The van der Waals surface area contributed by atoms with Gasteiger partial charge in [-0.1, -0.05) is 91.0 Å². The highest BCUT2D eigenvalue weighted by atomic mass is 19.1. The van der Waals surface area contributed by atoms with Gasteiger partial charge in [0.25, 0.3) is 0 Å². The molecule has 170 valence electrons. The third kappa shape index (κ3) is 3.81. The summed E-state index contributed by atoms with van der Waals surface area (Å²) in [5.41, 5.74) is 2.05. The van der Waals surface area contributed by atoms with Crippen molar-refractivity contribution in [2.45, 2.75) is 43.5 Å². The van der Waals surface area contributed by atoms with Crippen molar-refractivity contribution in [2.75, 3.05) is 6.61 Å². The Morgan fingerprint density at radius 2 is 1.27 bits per heavy atom. The van der Waals surface area contributed by atoms with Crippen LogP contribution in [0.2, 0.25) is 0 Å². The van der Waals surface area contributed by atoms with Gasteiger partial charge in [0.15, 0.2) is 5.79 Å². The number of halogens is 1. The molecule has 1 aliphatic carbocycles. The van der Waals surface area contributed by atoms with E-state index in [1.165, 1.54) is 0 Å². The van der Waals surface area contributed by atoms with E-state index in [4.69, 9.17) is 14.2 Å². The van der Waals surface area contributed by atoms with E-state index < -0.39 is 35.5 Å². The fourth-order valence-electron chi connectivity index (χ4n) is 4.87. The van der Waals surface area contributed by atoms with E-state index in [9.17, 15) is 5.11 Å². The van der Waals surface area contributed by atoms with E-state index in [-0.39, 0.29) is 12.2 Å². The van der Waals surface area contributed by atoms with E-state index >= 15 is 4.39 Å². The van der Waals surface area contributed by atoms with Crippen LogP contribution in [0.3, 0.4) is 0 Å². The summed E-state index contributed by atoms with van der Waals surface area (Å²) in [6.07, 6.45) is -2.84. The van der Waals surface area contributed by atoms with Crippen molar-refractivity contribution >= 4 is 0 Å². The molecule has 0 spiro atoms. The SMILES string of the molecule is CC1(C)O[C@H]2[C@H](O1)C(COC(c1ccccc1)(c1ccccc1)c1ccccc1)=C(F)[C@@H]2O. The van der Waals surface area contributed by atoms with Crippen molar-refractivity contribution in [1.29, 1.82) is 0 Å². The van der Waals surface area contributed by atoms with Crippen molar-refractivity contribution in [3.8, 4) is 0 Å². The highest BCUT2D eigenvalue weighted by Gasteiger charge is 2.54. The van der Waals surface area contributed by atoms with Gasteiger partial charge in [-0.2, -0.15) is 0 Å². The standard InChI is InChI=1S/C28H27FO4/c1-27(2)32-25-22(23(29)24(30)26(25)33-27)18-31-28(19-12-6-3-7-13-19,20-14-8-4-9-15-20)21-16-10-5-11-17-21/h3-17,24-26,30H,18H2,1-2H3/t24-,25+,26+/m0/s1. The third-order valence-corrected chi connectivity index (χ3v) is 6.34. The normalized spacial score (nSPS) is 24.2. The predicted molar refractivity (Wildman–Crippen MR) is 123 cm³/mol. The lowest BCUT2D eigenvalue weighted by atomic mass is 9.80. The molecule has 5 heteroatoms. The molecule has 0 saturated carbocycles. The number of ether oxygens (including phenoxy) is 3. The topological polar surface area (TPSA) is 47.9 Å². The first-order valence-electron chi connectivity index (χ1n) is 11.1. The maximum absolute atomic E-state index is 15.1. The summed E-state index contributed by atoms with van der Waals surface area (Å²) in [6.45, 7) is 3.45. The smallest absolute Gasteiger partial charge is 0.164 e. The summed E-state index contributed by atoms with van der Waals surface area (Å²) in [6, 6.07) is 29.7. The molecule has 0 aromatic heterocycles. The van der Waals surface area contributed by atoms with Crippen LogP contribution in [0.25, 0.3) is 0 Å². The van der Waals surface area contributed by atoms with Crippen LogP contribution >= 0.6 is 0 Å². The van der Waals surface area contributed by atoms with Gasteiger partial charge in [0.05, 0.1) is 6.61 Å². The zero-order chi connectivity index (χ0) is 23.1. The minimum atomic E-state index is -1.37. The average Bonchev–Trinajstić information content (AvgIpc) is 3.27. The van der Waals surface area contributed by atoms with Gasteiger partial charge in [0.2, 0.25) is 0 Å². The molecular weight excluding hydrogens is 419 g/mol. The van der Waals surface area contributed by atoms with Gasteiger partial charge in [-0.05, 0) is 30.5 Å². The van der Waals surface area contributed by atoms with E-state index in [1.54, 1.807) is 13.8 Å². The number of benzene rings is 3. The van der Waals surface area contributed by atoms with Crippen molar-refractivity contribution in [1.82, 2.24) is 0 Å². The molecule has 0 amide bonds. The van der Waals surface area contributed by atoms with Gasteiger partial charge in [0.1, 0.15) is 29.7 Å². The molecule has 0 radical (unpaired) electrons. The first-order chi connectivity index (χ1) is 15.9. The molecule has 1 heterocycles. The minimum Gasteiger partial charge on any atom is -0.383 e. The Hall–Kier alpha value is -2.83. The fourth-order valence-corrected chi connectivity index (χ4v) is 4.87. The van der Waals surface area contributed by atoms with Gasteiger partial charge in [-0.15, -0.1) is 0 Å². The first kappa shape index (κ1) is 22.0. The third-order valence-electron chi connectivity index (χ3n) is 6.34. The summed E-state index contributed by atoms with van der Waals surface area (Å²) in [7, 11) is 0. The van der Waals surface area contributed by atoms with Crippen molar-refractivity contribution < 1.29 is 23.7 Å². The summed E-state index contributed by atoms with van der Waals surface area (Å²) < 4.78 is 33.6. The predicted octanol–water partition coefficient (Wildman–Crippen LogP) is 5.11. The van der Waals surface area contributed by atoms with Crippen LogP contribution in [0.15, 0.2) is 102 Å². The molecule has 0 bridgehead atoms. The van der Waals surface area contributed by atoms with E-state index in [0.717, 1.165) is 16.7 Å². The van der Waals surface area contributed by atoms with E-state index in [1.807, 2.05) is 91.0 Å². The first-order valence-corrected chi connectivity index (χ1v) is 11.1. The second kappa shape index (κ2) is 8.50. The monoisotopic (exact) mass is 446 g/mol. The largest absolute Gasteiger partial charge is 0.383 e. The van der Waals surface area contributed by atoms with Crippen LogP contribution in [0, 0.1) is 0 Å². The Morgan fingerprint density at radius 3 is 1.73 bits per heavy atom. The van der Waals surface area contributed by atoms with Crippen LogP contribution < -0.4 is 0 Å². The van der Waals surface area contributed by atoms with Crippen molar-refractivity contribution in [2.24, 2.45) is 0 Å². The molecule has 3 aromatic carbocycles. The van der Waals surface area contributed by atoms with Crippen molar-refractivity contribution in [3.63, 3.8) is 0 Å². The Morgan fingerprint density at radius 1 is 0.818 bits per heavy atom. The molecule has 3 aromatic rings. The van der Waals surface area contributed by atoms with Crippen LogP contribution in [0.1, 0.15) is 30.5 Å². The lowest BCUT2D eigenvalue weighted by molar-refractivity contribution is -0.155. The number of aliphatic hydroxyl groups excluding tert-OH is 1. The minimum absolute atomic E-state index is 0.0673. The molecule has 33 heavy (non-hydrogen) atoms. The van der Waals surface area contributed by atoms with Gasteiger partial charge < -0.3 is 19.3 Å². The summed E-state index contributed by atoms with van der Waals surface area (Å²) in [4.78, 5) is 0. The molecule has 3 atom stereocenters. The maximum atomic E-state index is 15.1. The molecule has 0 unspecified atom stereocenters. The second-order valence-electron chi connectivity index (χ2n) is 8.91. The zero-order valence-corrected chi connectivity index (χ0v) is 18.6. The van der Waals surface area contributed by atoms with Gasteiger partial charge in [-0.3, -0.25) is 0 Å². The quantitative estimate of drug-likeness (QED) is 0.535. The molecule has 1 N–H and O–H groups in total. The molecule has 1 saturated heterocycles. The molecule has 1 fully saturated rings. The Kier molecular flexibility index (Phi) is 5.67. The highest BCUT2D eigenvalue weighted by Crippen LogP contribution is 2.45. The Bertz CT molecular complexity index is 1030. The van der Waals surface area contributed by atoms with Gasteiger partial charge >= 0.3 is 0 Å². The lowest BCUT2D eigenvalue weighted by Gasteiger charge is -2.36. The number of hydrogen-bond acceptors (Lipinski definition) is 4. The molecular formula is C28H27FO4. The summed E-state index contributed by atoms with van der Waals surface area (Å²) in [5, 5.41) is 10.5. The molecule has 4 nitrogen and oxygen atoms in total. The van der Waals surface area contributed by atoms with E-state index in [0.29, 0.717) is 0 Å². The van der Waals surface area contributed by atoms with E-state index in [2.05, 4.69) is 0 Å². The number of aliphatic hydroxyl groups is 1. The van der Waals surface area contributed by atoms with Gasteiger partial charge in [-0.25, -0.2) is 4.39 Å². The zero-order valence-electron chi connectivity index (χ0n) is 18.6. The second-order valence-corrected chi connectivity index (χ2v) is 8.91. The van der Waals surface area contributed by atoms with Crippen LogP contribution in [-0.4, -0.2) is 35.8 Å². The number of fused-ring (bicyclic) bond motifs is 1. The van der Waals surface area contributed by atoms with Gasteiger partial charge in [0, 0.05) is 5.57 Å². The summed E-state index contributed by atoms with van der Waals surface area (Å²) >= 11 is 0.